The molecular formula is C12H11F2NO. The molecule has 1 aromatic rings. The Morgan fingerprint density at radius 2 is 2.06 bits per heavy atom. The van der Waals surface area contributed by atoms with Crippen LogP contribution in [-0.4, -0.2) is 11.8 Å². The maximum atomic E-state index is 13.4. The zero-order valence-corrected chi connectivity index (χ0v) is 8.49. The van der Waals surface area contributed by atoms with Gasteiger partial charge in [0.25, 0.3) is 0 Å². The van der Waals surface area contributed by atoms with Crippen molar-refractivity contribution >= 4 is 5.78 Å². The first-order chi connectivity index (χ1) is 7.59. The van der Waals surface area contributed by atoms with Gasteiger partial charge in [0.15, 0.2) is 17.4 Å². The molecule has 4 heteroatoms. The van der Waals surface area contributed by atoms with Gasteiger partial charge in [-0.2, -0.15) is 0 Å². The quantitative estimate of drug-likeness (QED) is 0.616. The fourth-order valence-corrected chi connectivity index (χ4v) is 1.82. The Labute approximate surface area is 91.8 Å². The van der Waals surface area contributed by atoms with Crippen LogP contribution in [0.3, 0.4) is 0 Å². The number of Topliss-reactive ketones (excluding diaryl/α,β-unsaturated/α-hetero) is 1. The van der Waals surface area contributed by atoms with E-state index in [1.807, 2.05) is 0 Å². The average Bonchev–Trinajstić information content (AvgIpc) is 2.68. The predicted octanol–water partition coefficient (Wildman–Crippen LogP) is 2.05. The van der Waals surface area contributed by atoms with E-state index in [4.69, 9.17) is 5.73 Å². The molecule has 0 spiro atoms. The molecule has 0 saturated carbocycles. The maximum Gasteiger partial charge on any atom is 0.172 e. The first-order valence-electron chi connectivity index (χ1n) is 5.01. The molecule has 0 fully saturated rings. The minimum Gasteiger partial charge on any atom is -0.324 e. The molecule has 0 heterocycles. The average molecular weight is 223 g/mol. The van der Waals surface area contributed by atoms with E-state index in [-0.39, 0.29) is 11.6 Å². The van der Waals surface area contributed by atoms with E-state index >= 15 is 0 Å². The normalized spacial score (nSPS) is 23.7. The lowest BCUT2D eigenvalue weighted by Crippen LogP contribution is -2.20. The van der Waals surface area contributed by atoms with E-state index in [0.29, 0.717) is 6.42 Å². The molecule has 0 amide bonds. The highest BCUT2D eigenvalue weighted by molar-refractivity contribution is 5.99. The van der Waals surface area contributed by atoms with Crippen LogP contribution in [0.1, 0.15) is 16.8 Å². The lowest BCUT2D eigenvalue weighted by molar-refractivity contribution is 0.0938. The van der Waals surface area contributed by atoms with E-state index < -0.39 is 23.3 Å². The van der Waals surface area contributed by atoms with Gasteiger partial charge in [0.05, 0.1) is 5.56 Å². The van der Waals surface area contributed by atoms with Crippen LogP contribution in [0.15, 0.2) is 30.4 Å². The molecule has 0 bridgehead atoms. The summed E-state index contributed by atoms with van der Waals surface area (Å²) < 4.78 is 26.3. The van der Waals surface area contributed by atoms with Crippen molar-refractivity contribution in [3.8, 4) is 0 Å². The summed E-state index contributed by atoms with van der Waals surface area (Å²) in [4.78, 5) is 11.9. The van der Waals surface area contributed by atoms with Crippen LogP contribution in [0.25, 0.3) is 0 Å². The second-order valence-electron chi connectivity index (χ2n) is 3.86. The van der Waals surface area contributed by atoms with Crippen LogP contribution in [0.5, 0.6) is 0 Å². The van der Waals surface area contributed by atoms with Gasteiger partial charge in [-0.25, -0.2) is 8.78 Å². The molecule has 1 aliphatic rings. The highest BCUT2D eigenvalue weighted by Crippen LogP contribution is 2.23. The van der Waals surface area contributed by atoms with E-state index in [1.54, 1.807) is 12.2 Å². The minimum absolute atomic E-state index is 0.175. The van der Waals surface area contributed by atoms with Gasteiger partial charge in [0.2, 0.25) is 0 Å². The van der Waals surface area contributed by atoms with Gasteiger partial charge < -0.3 is 5.73 Å². The third kappa shape index (κ3) is 1.88. The van der Waals surface area contributed by atoms with Crippen molar-refractivity contribution in [3.05, 3.63) is 47.5 Å². The van der Waals surface area contributed by atoms with E-state index in [2.05, 4.69) is 0 Å². The van der Waals surface area contributed by atoms with Crippen LogP contribution in [0, 0.1) is 17.6 Å². The highest BCUT2D eigenvalue weighted by Gasteiger charge is 2.26. The summed E-state index contributed by atoms with van der Waals surface area (Å²) in [6.45, 7) is 0. The van der Waals surface area contributed by atoms with Crippen molar-refractivity contribution in [3.63, 3.8) is 0 Å². The van der Waals surface area contributed by atoms with Crippen molar-refractivity contribution in [2.75, 3.05) is 0 Å². The van der Waals surface area contributed by atoms with Gasteiger partial charge >= 0.3 is 0 Å². The number of carbonyl (C=O) groups is 1. The largest absolute Gasteiger partial charge is 0.324 e. The first-order valence-corrected chi connectivity index (χ1v) is 5.01. The second-order valence-corrected chi connectivity index (χ2v) is 3.86. The molecule has 2 nitrogen and oxygen atoms in total. The minimum atomic E-state index is -1.08. The molecule has 0 aliphatic heterocycles. The van der Waals surface area contributed by atoms with Gasteiger partial charge in [0.1, 0.15) is 0 Å². The Morgan fingerprint density at radius 1 is 1.31 bits per heavy atom. The Morgan fingerprint density at radius 3 is 2.69 bits per heavy atom. The number of halogens is 2. The maximum absolute atomic E-state index is 13.4. The Bertz CT molecular complexity index is 456. The zero-order valence-electron chi connectivity index (χ0n) is 8.49. The third-order valence-corrected chi connectivity index (χ3v) is 2.67. The fourth-order valence-electron chi connectivity index (χ4n) is 1.82. The zero-order chi connectivity index (χ0) is 11.7. The topological polar surface area (TPSA) is 43.1 Å². The van der Waals surface area contributed by atoms with Crippen LogP contribution >= 0.6 is 0 Å². The molecule has 1 aromatic carbocycles. The van der Waals surface area contributed by atoms with Crippen molar-refractivity contribution in [2.45, 2.75) is 12.5 Å². The summed E-state index contributed by atoms with van der Waals surface area (Å²) in [7, 11) is 0. The van der Waals surface area contributed by atoms with Gasteiger partial charge in [0, 0.05) is 12.0 Å². The highest BCUT2D eigenvalue weighted by atomic mass is 19.2. The molecule has 16 heavy (non-hydrogen) atoms. The van der Waals surface area contributed by atoms with Gasteiger partial charge in [-0.15, -0.1) is 0 Å². The number of benzene rings is 1. The lowest BCUT2D eigenvalue weighted by Gasteiger charge is -2.09. The molecule has 2 rings (SSSR count). The van der Waals surface area contributed by atoms with Crippen molar-refractivity contribution in [1.82, 2.24) is 0 Å². The van der Waals surface area contributed by atoms with Crippen molar-refractivity contribution in [2.24, 2.45) is 11.7 Å². The summed E-state index contributed by atoms with van der Waals surface area (Å²) in [5, 5.41) is 0. The Hall–Kier alpha value is -1.55. The van der Waals surface area contributed by atoms with E-state index in [9.17, 15) is 13.6 Å². The molecule has 2 unspecified atom stereocenters. The molecule has 0 radical (unpaired) electrons. The summed E-state index contributed by atoms with van der Waals surface area (Å²) >= 11 is 0. The molecule has 0 aromatic heterocycles. The smallest absolute Gasteiger partial charge is 0.172 e. The van der Waals surface area contributed by atoms with E-state index in [1.165, 1.54) is 12.1 Å². The molecule has 2 atom stereocenters. The Balaban J connectivity index is 2.28. The Kier molecular flexibility index (Phi) is 2.83. The molecule has 2 N–H and O–H groups in total. The van der Waals surface area contributed by atoms with Gasteiger partial charge in [-0.3, -0.25) is 4.79 Å². The number of nitrogens with two attached hydrogens (primary N) is 1. The lowest BCUT2D eigenvalue weighted by atomic mass is 9.96. The molecule has 0 saturated heterocycles. The second kappa shape index (κ2) is 4.14. The first kappa shape index (κ1) is 11.0. The standard InChI is InChI=1S/C12H11F2NO/c13-10-3-1-2-9(11(10)14)12(16)7-4-5-8(15)6-7/h1-5,7-8H,6,15H2. The number of ketones is 1. The fraction of sp³-hybridized carbons (Fsp3) is 0.250. The summed E-state index contributed by atoms with van der Waals surface area (Å²) in [5.74, 6) is -2.94. The van der Waals surface area contributed by atoms with Gasteiger partial charge in [-0.1, -0.05) is 18.2 Å². The van der Waals surface area contributed by atoms with Crippen molar-refractivity contribution < 1.29 is 13.6 Å². The van der Waals surface area contributed by atoms with Crippen LogP contribution in [0.2, 0.25) is 0 Å². The number of carbonyl (C=O) groups excluding carboxylic acids is 1. The summed E-state index contributed by atoms with van der Waals surface area (Å²) in [5.41, 5.74) is 5.40. The number of rotatable bonds is 2. The monoisotopic (exact) mass is 223 g/mol. The predicted molar refractivity (Wildman–Crippen MR) is 55.9 cm³/mol. The summed E-state index contributed by atoms with van der Waals surface area (Å²) in [6, 6.07) is 3.43. The number of allylic oxidation sites excluding steroid dienone is 1. The molecular weight excluding hydrogens is 212 g/mol. The van der Waals surface area contributed by atoms with Crippen LogP contribution in [0.4, 0.5) is 8.78 Å². The van der Waals surface area contributed by atoms with E-state index in [0.717, 1.165) is 6.07 Å². The third-order valence-electron chi connectivity index (χ3n) is 2.67. The van der Waals surface area contributed by atoms with Crippen molar-refractivity contribution in [1.29, 1.82) is 0 Å². The molecule has 84 valence electrons. The van der Waals surface area contributed by atoms with Crippen LogP contribution < -0.4 is 5.73 Å². The SMILES string of the molecule is NC1C=CC(C(=O)c2cccc(F)c2F)C1. The van der Waals surface area contributed by atoms with Crippen LogP contribution in [-0.2, 0) is 0 Å². The van der Waals surface area contributed by atoms with Gasteiger partial charge in [-0.05, 0) is 18.6 Å². The number of hydrogen-bond donors (Lipinski definition) is 1. The molecule has 1 aliphatic carbocycles. The summed E-state index contributed by atoms with van der Waals surface area (Å²) in [6.07, 6.45) is 3.81. The number of hydrogen-bond acceptors (Lipinski definition) is 2.